The molecule has 0 spiro atoms. The van der Waals surface area contributed by atoms with E-state index in [0.717, 1.165) is 25.7 Å². The largest absolute Gasteiger partial charge is 0.472 e. The number of unbranched alkanes of at least 4 members (excludes halogenated alkanes) is 10. The van der Waals surface area contributed by atoms with Gasteiger partial charge >= 0.3 is 7.82 Å². The SMILES string of the molecule is CC(C)O.CCCCCCCCOP(=O)(O)OCCCCCCCC.[Ti]. The van der Waals surface area contributed by atoms with Gasteiger partial charge in [0.05, 0.1) is 13.2 Å². The molecular weight excluding hydrogens is 387 g/mol. The predicted octanol–water partition coefficient (Wildman–Crippen LogP) is 6.23. The second-order valence-electron chi connectivity index (χ2n) is 6.76. The Morgan fingerprint density at radius 1 is 0.731 bits per heavy atom. The van der Waals surface area contributed by atoms with Gasteiger partial charge in [0.15, 0.2) is 0 Å². The number of phosphoric acid groups is 1. The maximum absolute atomic E-state index is 11.6. The van der Waals surface area contributed by atoms with Gasteiger partial charge in [0.1, 0.15) is 0 Å². The molecule has 2 N–H and O–H groups in total. The van der Waals surface area contributed by atoms with Crippen LogP contribution in [0.5, 0.6) is 0 Å². The molecule has 0 bridgehead atoms. The van der Waals surface area contributed by atoms with Crippen molar-refractivity contribution < 1.29 is 45.3 Å². The Hall–Kier alpha value is 0.784. The number of hydrogen-bond acceptors (Lipinski definition) is 4. The molecule has 5 nitrogen and oxygen atoms in total. The van der Waals surface area contributed by atoms with E-state index in [4.69, 9.17) is 14.2 Å². The molecule has 0 atom stereocenters. The van der Waals surface area contributed by atoms with Gasteiger partial charge in [0, 0.05) is 27.8 Å². The van der Waals surface area contributed by atoms with Crippen molar-refractivity contribution in [3.8, 4) is 0 Å². The second kappa shape index (κ2) is 23.8. The third kappa shape index (κ3) is 32.5. The minimum atomic E-state index is -3.82. The van der Waals surface area contributed by atoms with Crippen LogP contribution in [-0.4, -0.2) is 29.3 Å². The van der Waals surface area contributed by atoms with Gasteiger partial charge in [-0.25, -0.2) is 4.57 Å². The van der Waals surface area contributed by atoms with Crippen LogP contribution in [0.3, 0.4) is 0 Å². The fourth-order valence-corrected chi connectivity index (χ4v) is 2.96. The summed E-state index contributed by atoms with van der Waals surface area (Å²) in [5, 5.41) is 8.06. The topological polar surface area (TPSA) is 76.0 Å². The van der Waals surface area contributed by atoms with Crippen LogP contribution in [0, 0.1) is 0 Å². The zero-order valence-electron chi connectivity index (χ0n) is 17.5. The number of phosphoric ester groups is 1. The summed E-state index contributed by atoms with van der Waals surface area (Å²) < 4.78 is 21.5. The Morgan fingerprint density at radius 3 is 1.31 bits per heavy atom. The van der Waals surface area contributed by atoms with E-state index in [9.17, 15) is 9.46 Å². The Morgan fingerprint density at radius 2 is 1.00 bits per heavy atom. The van der Waals surface area contributed by atoms with Gasteiger partial charge in [-0.15, -0.1) is 0 Å². The van der Waals surface area contributed by atoms with Gasteiger partial charge in [-0.1, -0.05) is 78.1 Å². The van der Waals surface area contributed by atoms with Crippen molar-refractivity contribution in [2.75, 3.05) is 13.2 Å². The molecule has 0 radical (unpaired) electrons. The summed E-state index contributed by atoms with van der Waals surface area (Å²) in [6, 6.07) is 0. The zero-order chi connectivity index (χ0) is 19.4. The summed E-state index contributed by atoms with van der Waals surface area (Å²) in [6.45, 7) is 8.45. The second-order valence-corrected chi connectivity index (χ2v) is 8.22. The summed E-state index contributed by atoms with van der Waals surface area (Å²) in [6.07, 6.45) is 13.4. The van der Waals surface area contributed by atoms with E-state index in [1.165, 1.54) is 51.4 Å². The molecule has 0 aliphatic rings. The van der Waals surface area contributed by atoms with Gasteiger partial charge in [-0.2, -0.15) is 0 Å². The van der Waals surface area contributed by atoms with Crippen LogP contribution >= 0.6 is 7.82 Å². The van der Waals surface area contributed by atoms with Crippen LogP contribution < -0.4 is 0 Å². The molecule has 0 aliphatic heterocycles. The first kappa shape index (κ1) is 31.5. The maximum atomic E-state index is 11.6. The molecule has 0 aromatic rings. The van der Waals surface area contributed by atoms with E-state index in [2.05, 4.69) is 13.8 Å². The smallest absolute Gasteiger partial charge is 0.394 e. The molecule has 0 aliphatic carbocycles. The van der Waals surface area contributed by atoms with Crippen molar-refractivity contribution in [2.45, 2.75) is 111 Å². The van der Waals surface area contributed by atoms with Crippen molar-refractivity contribution in [3.63, 3.8) is 0 Å². The molecule has 158 valence electrons. The molecule has 0 rings (SSSR count). The summed E-state index contributed by atoms with van der Waals surface area (Å²) in [4.78, 5) is 9.51. The number of aliphatic hydroxyl groups excluding tert-OH is 1. The van der Waals surface area contributed by atoms with Crippen molar-refractivity contribution in [3.05, 3.63) is 0 Å². The molecule has 26 heavy (non-hydrogen) atoms. The third-order valence-corrected chi connectivity index (χ3v) is 4.52. The Balaban J connectivity index is -0.000000951. The predicted molar refractivity (Wildman–Crippen MR) is 106 cm³/mol. The molecular formula is C19H43O5PTi. The Labute approximate surface area is 177 Å². The van der Waals surface area contributed by atoms with Crippen LogP contribution in [0.4, 0.5) is 0 Å². The quantitative estimate of drug-likeness (QED) is 0.173. The van der Waals surface area contributed by atoms with Gasteiger partial charge in [-0.3, -0.25) is 9.05 Å². The molecule has 0 fully saturated rings. The monoisotopic (exact) mass is 430 g/mol. The fraction of sp³-hybridized carbons (Fsp3) is 1.00. The summed E-state index contributed by atoms with van der Waals surface area (Å²) in [5.41, 5.74) is 0. The van der Waals surface area contributed by atoms with E-state index >= 15 is 0 Å². The zero-order valence-corrected chi connectivity index (χ0v) is 20.0. The number of hydrogen-bond donors (Lipinski definition) is 2. The van der Waals surface area contributed by atoms with E-state index in [1.807, 2.05) is 0 Å². The molecule has 0 amide bonds. The van der Waals surface area contributed by atoms with Crippen molar-refractivity contribution >= 4 is 7.82 Å². The van der Waals surface area contributed by atoms with Crippen LogP contribution in [0.1, 0.15) is 105 Å². The van der Waals surface area contributed by atoms with Crippen LogP contribution in [0.15, 0.2) is 0 Å². The van der Waals surface area contributed by atoms with E-state index in [1.54, 1.807) is 13.8 Å². The van der Waals surface area contributed by atoms with Gasteiger partial charge < -0.3 is 10.00 Å². The van der Waals surface area contributed by atoms with Crippen LogP contribution in [-0.2, 0) is 35.3 Å². The van der Waals surface area contributed by atoms with Crippen molar-refractivity contribution in [1.82, 2.24) is 0 Å². The number of rotatable bonds is 16. The van der Waals surface area contributed by atoms with Gasteiger partial charge in [0.25, 0.3) is 0 Å². The van der Waals surface area contributed by atoms with E-state index in [-0.39, 0.29) is 27.8 Å². The van der Waals surface area contributed by atoms with E-state index < -0.39 is 7.82 Å². The summed E-state index contributed by atoms with van der Waals surface area (Å²) in [7, 11) is -3.82. The standard InChI is InChI=1S/C16H35O4P.C3H8O.Ti/c1-3-5-7-9-11-13-15-19-21(17,18)20-16-14-12-10-8-6-4-2;1-3(2)4;/h3-16H2,1-2H3,(H,17,18);3-4H,1-2H3;. The van der Waals surface area contributed by atoms with Crippen LogP contribution in [0.25, 0.3) is 0 Å². The minimum Gasteiger partial charge on any atom is -0.394 e. The first-order valence-electron chi connectivity index (χ1n) is 10.2. The Bertz CT molecular complexity index is 279. The Kier molecular flexibility index (Phi) is 28.8. The maximum Gasteiger partial charge on any atom is 0.472 e. The molecule has 0 aromatic heterocycles. The molecule has 0 heterocycles. The summed E-state index contributed by atoms with van der Waals surface area (Å²) in [5.74, 6) is 0. The average molecular weight is 430 g/mol. The first-order chi connectivity index (χ1) is 11.9. The molecule has 0 aromatic carbocycles. The normalized spacial score (nSPS) is 11.0. The fourth-order valence-electron chi connectivity index (χ4n) is 2.16. The molecule has 0 saturated carbocycles. The van der Waals surface area contributed by atoms with Gasteiger partial charge in [0.2, 0.25) is 0 Å². The van der Waals surface area contributed by atoms with Crippen molar-refractivity contribution in [1.29, 1.82) is 0 Å². The minimum absolute atomic E-state index is 0. The van der Waals surface area contributed by atoms with Crippen LogP contribution in [0.2, 0.25) is 0 Å². The number of aliphatic hydroxyl groups is 1. The van der Waals surface area contributed by atoms with E-state index in [0.29, 0.717) is 13.2 Å². The summed E-state index contributed by atoms with van der Waals surface area (Å²) >= 11 is 0. The average Bonchev–Trinajstić information content (AvgIpc) is 2.52. The third-order valence-electron chi connectivity index (χ3n) is 3.50. The van der Waals surface area contributed by atoms with Gasteiger partial charge in [-0.05, 0) is 26.7 Å². The molecule has 0 unspecified atom stereocenters. The molecule has 0 saturated heterocycles. The first-order valence-corrected chi connectivity index (χ1v) is 11.6. The molecule has 7 heteroatoms. The van der Waals surface area contributed by atoms with Crippen molar-refractivity contribution in [2.24, 2.45) is 0 Å².